The lowest BCUT2D eigenvalue weighted by atomic mass is 10.4. The fourth-order valence-corrected chi connectivity index (χ4v) is 19.2. The fraction of sp³-hybridized carbons (Fsp3) is 1.00. The summed E-state index contributed by atoms with van der Waals surface area (Å²) in [7, 11) is -7.90. The first-order valence-corrected chi connectivity index (χ1v) is 18.7. The van der Waals surface area contributed by atoms with E-state index in [4.69, 9.17) is 35.4 Å². The van der Waals surface area contributed by atoms with E-state index in [2.05, 4.69) is 13.1 Å². The summed E-state index contributed by atoms with van der Waals surface area (Å²) in [5.41, 5.74) is 0.112. The highest BCUT2D eigenvalue weighted by molar-refractivity contribution is 6.87. The number of hydrogen-bond donors (Lipinski definition) is 0. The molecule has 12 heteroatoms. The van der Waals surface area contributed by atoms with Crippen molar-refractivity contribution in [2.75, 3.05) is 46.2 Å². The maximum Gasteiger partial charge on any atom is 0.362 e. The first kappa shape index (κ1) is 23.2. The van der Waals surface area contributed by atoms with Crippen molar-refractivity contribution in [2.24, 2.45) is 0 Å². The van der Waals surface area contributed by atoms with Crippen LogP contribution in [0.1, 0.15) is 12.8 Å². The summed E-state index contributed by atoms with van der Waals surface area (Å²) in [4.78, 5) is 0. The van der Waals surface area contributed by atoms with Crippen LogP contribution in [0.2, 0.25) is 37.8 Å². The van der Waals surface area contributed by atoms with E-state index in [1.54, 1.807) is 0 Å². The molecular weight excluding hydrogens is 433 g/mol. The molecule has 3 heterocycles. The average molecular weight is 467 g/mol. The van der Waals surface area contributed by atoms with Crippen LogP contribution in [0.5, 0.6) is 0 Å². The second-order valence-corrected chi connectivity index (χ2v) is 18.7. The highest BCUT2D eigenvalue weighted by Crippen LogP contribution is 2.34. The molecule has 3 atom stereocenters. The Morgan fingerprint density at radius 3 is 2.36 bits per heavy atom. The van der Waals surface area contributed by atoms with Crippen molar-refractivity contribution >= 4 is 35.7 Å². The molecule has 3 aliphatic heterocycles. The first-order valence-electron chi connectivity index (χ1n) is 10.2. The molecule has 2 radical (unpaired) electrons. The number of ether oxygens (including phenoxy) is 4. The maximum absolute atomic E-state index is 6.85. The molecule has 0 N–H and O–H groups in total. The highest BCUT2D eigenvalue weighted by Gasteiger charge is 2.52. The van der Waals surface area contributed by atoms with Crippen LogP contribution in [0.4, 0.5) is 0 Å². The van der Waals surface area contributed by atoms with Crippen LogP contribution in [0.25, 0.3) is 0 Å². The van der Waals surface area contributed by atoms with E-state index in [0.29, 0.717) is 32.5 Å². The Morgan fingerprint density at radius 2 is 1.68 bits per heavy atom. The molecule has 0 amide bonds. The lowest BCUT2D eigenvalue weighted by Gasteiger charge is -2.45. The Balaban J connectivity index is 1.63. The van der Waals surface area contributed by atoms with Crippen molar-refractivity contribution in [3.63, 3.8) is 0 Å². The van der Waals surface area contributed by atoms with Crippen LogP contribution in [0, 0.1) is 0 Å². The van der Waals surface area contributed by atoms with Gasteiger partial charge in [-0.25, -0.2) is 0 Å². The van der Waals surface area contributed by atoms with Crippen LogP contribution in [-0.2, 0) is 35.4 Å². The molecule has 0 saturated carbocycles. The second kappa shape index (κ2) is 10.7. The van der Waals surface area contributed by atoms with E-state index < -0.39 is 35.7 Å². The van der Waals surface area contributed by atoms with Crippen LogP contribution >= 0.6 is 0 Å². The zero-order valence-corrected chi connectivity index (χ0v) is 21.5. The summed E-state index contributed by atoms with van der Waals surface area (Å²) in [6, 6.07) is 0.857. The van der Waals surface area contributed by atoms with E-state index in [-0.39, 0.29) is 5.54 Å². The topological polar surface area (TPSA) is 77.1 Å². The lowest BCUT2D eigenvalue weighted by Crippen LogP contribution is -2.62. The van der Waals surface area contributed by atoms with Crippen molar-refractivity contribution in [3.8, 4) is 0 Å². The Hall–Kier alpha value is 0.548. The second-order valence-electron chi connectivity index (χ2n) is 7.88. The Morgan fingerprint density at radius 1 is 1.00 bits per heavy atom. The Kier molecular flexibility index (Phi) is 8.89. The zero-order valence-electron chi connectivity index (χ0n) is 17.5. The van der Waals surface area contributed by atoms with Gasteiger partial charge in [0.15, 0.2) is 0 Å². The van der Waals surface area contributed by atoms with Gasteiger partial charge < -0.3 is 35.4 Å². The fourth-order valence-electron chi connectivity index (χ4n) is 3.51. The Bertz CT molecular complexity index is 480. The lowest BCUT2D eigenvalue weighted by molar-refractivity contribution is 0.0276. The zero-order chi connectivity index (χ0) is 20.0. The molecule has 3 saturated heterocycles. The van der Waals surface area contributed by atoms with Gasteiger partial charge in [0.05, 0.1) is 26.4 Å². The van der Waals surface area contributed by atoms with Gasteiger partial charge in [-0.2, -0.15) is 0 Å². The molecule has 8 nitrogen and oxygen atoms in total. The average Bonchev–Trinajstić information content (AvgIpc) is 3.36. The Labute approximate surface area is 174 Å². The van der Waals surface area contributed by atoms with E-state index in [9.17, 15) is 0 Å². The van der Waals surface area contributed by atoms with Crippen LogP contribution < -0.4 is 0 Å². The molecule has 3 unspecified atom stereocenters. The van der Waals surface area contributed by atoms with E-state index in [0.717, 1.165) is 38.7 Å². The predicted molar refractivity (Wildman–Crippen MR) is 111 cm³/mol. The van der Waals surface area contributed by atoms with Crippen LogP contribution in [0.3, 0.4) is 0 Å². The summed E-state index contributed by atoms with van der Waals surface area (Å²) in [6.07, 6.45) is 2.13. The van der Waals surface area contributed by atoms with Gasteiger partial charge in [-0.1, -0.05) is 0 Å². The molecule has 0 aromatic rings. The molecule has 162 valence electrons. The summed E-state index contributed by atoms with van der Waals surface area (Å²) in [6.45, 7) is 13.2. The molecule has 3 aliphatic rings. The van der Waals surface area contributed by atoms with Crippen molar-refractivity contribution in [1.82, 2.24) is 0 Å². The summed E-state index contributed by atoms with van der Waals surface area (Å²) in [5, 5.41) is 0. The van der Waals surface area contributed by atoms with Gasteiger partial charge >= 0.3 is 35.7 Å². The van der Waals surface area contributed by atoms with E-state index in [1.807, 2.05) is 13.1 Å². The molecule has 0 bridgehead atoms. The molecule has 28 heavy (non-hydrogen) atoms. The van der Waals surface area contributed by atoms with Gasteiger partial charge in [0.25, 0.3) is 0 Å². The molecule has 0 aliphatic carbocycles. The maximum atomic E-state index is 6.85. The standard InChI is InChI=1S/C16H34O8Si4/c1-25-21-26(2)23-28(4,16-13-18-7-5-8-19-14-16)24-27(3,22-25)10-6-9-17-11-15-12-20-15/h15-16H,5-14H2,1-4H3. The third kappa shape index (κ3) is 7.35. The molecule has 3 rings (SSSR count). The van der Waals surface area contributed by atoms with Crippen molar-refractivity contribution in [3.05, 3.63) is 0 Å². The molecule has 0 aromatic carbocycles. The van der Waals surface area contributed by atoms with Crippen molar-refractivity contribution in [2.45, 2.75) is 56.7 Å². The number of rotatable bonds is 7. The summed E-state index contributed by atoms with van der Waals surface area (Å²) in [5.74, 6) is 0. The van der Waals surface area contributed by atoms with Gasteiger partial charge in [-0.3, -0.25) is 0 Å². The SMILES string of the molecule is C[Si]1O[Si](C)O[Si](C)(C2COCCCOC2)O[Si](C)(CCCOCC2CO2)O1. The van der Waals surface area contributed by atoms with E-state index in [1.165, 1.54) is 0 Å². The predicted octanol–water partition coefficient (Wildman–Crippen LogP) is 2.06. The molecule has 0 aromatic heterocycles. The van der Waals surface area contributed by atoms with Gasteiger partial charge in [0.2, 0.25) is 0 Å². The minimum atomic E-state index is -2.61. The van der Waals surface area contributed by atoms with E-state index >= 15 is 0 Å². The molecular formula is C16H34O8Si4. The van der Waals surface area contributed by atoms with Gasteiger partial charge in [-0.05, 0) is 45.1 Å². The first-order chi connectivity index (χ1) is 13.4. The third-order valence-electron chi connectivity index (χ3n) is 4.99. The van der Waals surface area contributed by atoms with Gasteiger partial charge in [-0.15, -0.1) is 0 Å². The van der Waals surface area contributed by atoms with Crippen molar-refractivity contribution in [1.29, 1.82) is 0 Å². The summed E-state index contributed by atoms with van der Waals surface area (Å²) >= 11 is 0. The van der Waals surface area contributed by atoms with Gasteiger partial charge in [0, 0.05) is 25.4 Å². The van der Waals surface area contributed by atoms with Crippen LogP contribution in [0.15, 0.2) is 0 Å². The van der Waals surface area contributed by atoms with Crippen LogP contribution in [-0.4, -0.2) is 88.0 Å². The minimum Gasteiger partial charge on any atom is -0.415 e. The number of hydrogen-bond acceptors (Lipinski definition) is 8. The van der Waals surface area contributed by atoms with Gasteiger partial charge in [0.1, 0.15) is 6.10 Å². The quantitative estimate of drug-likeness (QED) is 0.321. The number of epoxide rings is 1. The monoisotopic (exact) mass is 466 g/mol. The van der Waals surface area contributed by atoms with Crippen molar-refractivity contribution < 1.29 is 35.4 Å². The normalized spacial score (nSPS) is 37.1. The minimum absolute atomic E-state index is 0.112. The highest BCUT2D eigenvalue weighted by atomic mass is 28.5. The smallest absolute Gasteiger partial charge is 0.362 e. The summed E-state index contributed by atoms with van der Waals surface area (Å²) < 4.78 is 48.5. The molecule has 3 fully saturated rings. The molecule has 0 spiro atoms. The largest absolute Gasteiger partial charge is 0.415 e. The third-order valence-corrected chi connectivity index (χ3v) is 19.4.